The Balaban J connectivity index is 1.50. The fourth-order valence-electron chi connectivity index (χ4n) is 4.05. The SMILES string of the molecule is Cc1ccc(CC(=O)N2CCN(C(=O)[C@@H]3CCC[C@@H]3CN)CC2)cc1. The number of piperazine rings is 1. The summed E-state index contributed by atoms with van der Waals surface area (Å²) < 4.78 is 0. The maximum atomic E-state index is 12.7. The summed E-state index contributed by atoms with van der Waals surface area (Å²) in [5.41, 5.74) is 8.06. The Bertz CT molecular complexity index is 606. The van der Waals surface area contributed by atoms with E-state index in [-0.39, 0.29) is 17.7 Å². The summed E-state index contributed by atoms with van der Waals surface area (Å²) in [5, 5.41) is 0. The molecule has 1 saturated heterocycles. The lowest BCUT2D eigenvalue weighted by Crippen LogP contribution is -2.52. The van der Waals surface area contributed by atoms with Gasteiger partial charge < -0.3 is 15.5 Å². The smallest absolute Gasteiger partial charge is 0.227 e. The Hall–Kier alpha value is -1.88. The highest BCUT2D eigenvalue weighted by Crippen LogP contribution is 2.32. The third kappa shape index (κ3) is 4.21. The molecule has 2 atom stereocenters. The Kier molecular flexibility index (Phi) is 5.74. The van der Waals surface area contributed by atoms with Crippen molar-refractivity contribution in [3.05, 3.63) is 35.4 Å². The van der Waals surface area contributed by atoms with E-state index >= 15 is 0 Å². The third-order valence-electron chi connectivity index (χ3n) is 5.70. The minimum absolute atomic E-state index is 0.0970. The first kappa shape index (κ1) is 17.9. The second-order valence-electron chi connectivity index (χ2n) is 7.40. The molecule has 2 fully saturated rings. The van der Waals surface area contributed by atoms with Crippen LogP contribution in [0.5, 0.6) is 0 Å². The first-order valence-electron chi connectivity index (χ1n) is 9.40. The van der Waals surface area contributed by atoms with Gasteiger partial charge in [0, 0.05) is 32.1 Å². The summed E-state index contributed by atoms with van der Waals surface area (Å²) >= 11 is 0. The largest absolute Gasteiger partial charge is 0.339 e. The molecule has 0 spiro atoms. The fraction of sp³-hybridized carbons (Fsp3) is 0.600. The van der Waals surface area contributed by atoms with E-state index in [0.29, 0.717) is 45.1 Å². The highest BCUT2D eigenvalue weighted by Gasteiger charge is 2.36. The van der Waals surface area contributed by atoms with E-state index in [4.69, 9.17) is 5.73 Å². The van der Waals surface area contributed by atoms with Crippen molar-refractivity contribution in [3.8, 4) is 0 Å². The quantitative estimate of drug-likeness (QED) is 0.903. The molecule has 0 radical (unpaired) electrons. The first-order chi connectivity index (χ1) is 12.1. The zero-order valence-electron chi connectivity index (χ0n) is 15.1. The minimum atomic E-state index is 0.0970. The number of hydrogen-bond donors (Lipinski definition) is 1. The van der Waals surface area contributed by atoms with Crippen LogP contribution in [0, 0.1) is 18.8 Å². The van der Waals surface area contributed by atoms with Gasteiger partial charge in [0.1, 0.15) is 0 Å². The summed E-state index contributed by atoms with van der Waals surface area (Å²) in [6, 6.07) is 8.10. The molecule has 1 aliphatic carbocycles. The van der Waals surface area contributed by atoms with Crippen molar-refractivity contribution in [2.75, 3.05) is 32.7 Å². The second-order valence-corrected chi connectivity index (χ2v) is 7.40. The van der Waals surface area contributed by atoms with E-state index in [2.05, 4.69) is 0 Å². The maximum Gasteiger partial charge on any atom is 0.227 e. The minimum Gasteiger partial charge on any atom is -0.339 e. The number of hydrogen-bond acceptors (Lipinski definition) is 3. The van der Waals surface area contributed by atoms with Crippen LogP contribution >= 0.6 is 0 Å². The van der Waals surface area contributed by atoms with Crippen LogP contribution in [0.25, 0.3) is 0 Å². The molecule has 25 heavy (non-hydrogen) atoms. The second kappa shape index (κ2) is 8.00. The van der Waals surface area contributed by atoms with Crippen LogP contribution in [0.1, 0.15) is 30.4 Å². The molecule has 0 bridgehead atoms. The predicted molar refractivity (Wildman–Crippen MR) is 97.9 cm³/mol. The van der Waals surface area contributed by atoms with Crippen LogP contribution in [0.3, 0.4) is 0 Å². The number of aryl methyl sites for hydroxylation is 1. The van der Waals surface area contributed by atoms with E-state index in [1.807, 2.05) is 41.0 Å². The fourth-order valence-corrected chi connectivity index (χ4v) is 4.05. The van der Waals surface area contributed by atoms with Crippen molar-refractivity contribution in [3.63, 3.8) is 0 Å². The summed E-state index contributed by atoms with van der Waals surface area (Å²) in [6.45, 7) is 5.21. The topological polar surface area (TPSA) is 66.6 Å². The van der Waals surface area contributed by atoms with Gasteiger partial charge in [0.15, 0.2) is 0 Å². The number of benzene rings is 1. The lowest BCUT2D eigenvalue weighted by molar-refractivity contribution is -0.142. The molecule has 1 saturated carbocycles. The highest BCUT2D eigenvalue weighted by molar-refractivity contribution is 5.81. The van der Waals surface area contributed by atoms with Crippen molar-refractivity contribution >= 4 is 11.8 Å². The number of nitrogens with zero attached hydrogens (tertiary/aromatic N) is 2. The molecule has 0 aromatic heterocycles. The van der Waals surface area contributed by atoms with Gasteiger partial charge in [-0.25, -0.2) is 0 Å². The Labute approximate surface area is 150 Å². The van der Waals surface area contributed by atoms with Gasteiger partial charge in [0.25, 0.3) is 0 Å². The van der Waals surface area contributed by atoms with Crippen molar-refractivity contribution in [2.24, 2.45) is 17.6 Å². The van der Waals surface area contributed by atoms with E-state index in [1.54, 1.807) is 0 Å². The number of nitrogens with two attached hydrogens (primary N) is 1. The van der Waals surface area contributed by atoms with Crippen molar-refractivity contribution in [1.82, 2.24) is 9.80 Å². The standard InChI is InChI=1S/C20H29N3O2/c1-15-5-7-16(8-6-15)13-19(24)22-9-11-23(12-10-22)20(25)18-4-2-3-17(18)14-21/h5-8,17-18H,2-4,9-14,21H2,1H3/t17-,18-/m1/s1. The van der Waals surface area contributed by atoms with Crippen molar-refractivity contribution in [1.29, 1.82) is 0 Å². The molecule has 2 aliphatic rings. The average molecular weight is 343 g/mol. The molecule has 3 rings (SSSR count). The van der Waals surface area contributed by atoms with Crippen molar-refractivity contribution in [2.45, 2.75) is 32.6 Å². The molecular weight excluding hydrogens is 314 g/mol. The molecule has 1 aromatic carbocycles. The molecule has 1 aromatic rings. The molecule has 0 unspecified atom stereocenters. The molecular formula is C20H29N3O2. The summed E-state index contributed by atoms with van der Waals surface area (Å²) in [7, 11) is 0. The van der Waals surface area contributed by atoms with Crippen LogP contribution in [0.15, 0.2) is 24.3 Å². The lowest BCUT2D eigenvalue weighted by Gasteiger charge is -2.36. The molecule has 5 nitrogen and oxygen atoms in total. The summed E-state index contributed by atoms with van der Waals surface area (Å²) in [4.78, 5) is 29.1. The van der Waals surface area contributed by atoms with Crippen LogP contribution in [-0.2, 0) is 16.0 Å². The molecule has 136 valence electrons. The van der Waals surface area contributed by atoms with Gasteiger partial charge in [-0.2, -0.15) is 0 Å². The van der Waals surface area contributed by atoms with Gasteiger partial charge in [0.05, 0.1) is 6.42 Å². The number of amides is 2. The Morgan fingerprint density at radius 3 is 2.32 bits per heavy atom. The zero-order chi connectivity index (χ0) is 17.8. The van der Waals surface area contributed by atoms with Crippen LogP contribution in [-0.4, -0.2) is 54.3 Å². The monoisotopic (exact) mass is 343 g/mol. The molecule has 5 heteroatoms. The number of rotatable bonds is 4. The maximum absolute atomic E-state index is 12.7. The first-order valence-corrected chi connectivity index (χ1v) is 9.40. The zero-order valence-corrected chi connectivity index (χ0v) is 15.1. The molecule has 1 aliphatic heterocycles. The summed E-state index contributed by atoms with van der Waals surface area (Å²) in [5.74, 6) is 0.837. The van der Waals surface area contributed by atoms with Gasteiger partial charge in [-0.1, -0.05) is 36.2 Å². The lowest BCUT2D eigenvalue weighted by atomic mass is 9.94. The Morgan fingerprint density at radius 1 is 1.04 bits per heavy atom. The Morgan fingerprint density at radius 2 is 1.68 bits per heavy atom. The highest BCUT2D eigenvalue weighted by atomic mass is 16.2. The van der Waals surface area contributed by atoms with Gasteiger partial charge in [0.2, 0.25) is 11.8 Å². The normalized spacial score (nSPS) is 23.8. The van der Waals surface area contributed by atoms with Crippen LogP contribution < -0.4 is 5.73 Å². The predicted octanol–water partition coefficient (Wildman–Crippen LogP) is 1.58. The van der Waals surface area contributed by atoms with Crippen LogP contribution in [0.2, 0.25) is 0 Å². The van der Waals surface area contributed by atoms with E-state index in [0.717, 1.165) is 24.8 Å². The van der Waals surface area contributed by atoms with E-state index < -0.39 is 0 Å². The molecule has 2 N–H and O–H groups in total. The van der Waals surface area contributed by atoms with Gasteiger partial charge in [-0.3, -0.25) is 9.59 Å². The van der Waals surface area contributed by atoms with Crippen molar-refractivity contribution < 1.29 is 9.59 Å². The van der Waals surface area contributed by atoms with E-state index in [9.17, 15) is 9.59 Å². The molecule has 2 amide bonds. The molecule has 1 heterocycles. The van der Waals surface area contributed by atoms with Crippen LogP contribution in [0.4, 0.5) is 0 Å². The average Bonchev–Trinajstić information content (AvgIpc) is 3.12. The van der Waals surface area contributed by atoms with Gasteiger partial charge in [-0.15, -0.1) is 0 Å². The third-order valence-corrected chi connectivity index (χ3v) is 5.70. The number of carbonyl (C=O) groups excluding carboxylic acids is 2. The van der Waals surface area contributed by atoms with Gasteiger partial charge >= 0.3 is 0 Å². The van der Waals surface area contributed by atoms with Gasteiger partial charge in [-0.05, 0) is 37.8 Å². The number of carbonyl (C=O) groups is 2. The summed E-state index contributed by atoms with van der Waals surface area (Å²) in [6.07, 6.45) is 3.58. The van der Waals surface area contributed by atoms with E-state index in [1.165, 1.54) is 5.56 Å².